The molecule has 12 heavy (non-hydrogen) atoms. The molecule has 0 aliphatic carbocycles. The van der Waals surface area contributed by atoms with Gasteiger partial charge in [0.25, 0.3) is 0 Å². The van der Waals surface area contributed by atoms with Gasteiger partial charge in [-0.2, -0.15) is 0 Å². The molecule has 0 rings (SSSR count). The van der Waals surface area contributed by atoms with Crippen LogP contribution in [0, 0.1) is 5.92 Å². The lowest BCUT2D eigenvalue weighted by Gasteiger charge is -2.16. The predicted molar refractivity (Wildman–Crippen MR) is 44.6 cm³/mol. The van der Waals surface area contributed by atoms with Gasteiger partial charge in [-0.3, -0.25) is 4.79 Å². The molecule has 0 aromatic rings. The highest BCUT2D eigenvalue weighted by atomic mass is 16.4. The van der Waals surface area contributed by atoms with E-state index in [1.165, 1.54) is 0 Å². The average molecular weight is 171 g/mol. The minimum Gasteiger partial charge on any atom is -0.480 e. The molecule has 0 heterocycles. The highest BCUT2D eigenvalue weighted by Gasteiger charge is 2.21. The molecule has 0 radical (unpaired) electrons. The van der Waals surface area contributed by atoms with Crippen molar-refractivity contribution in [2.24, 2.45) is 5.92 Å². The maximum absolute atomic E-state index is 10.7. The lowest BCUT2D eigenvalue weighted by atomic mass is 10.1. The van der Waals surface area contributed by atoms with Gasteiger partial charge in [0.15, 0.2) is 0 Å². The normalized spacial score (nSPS) is 12.2. The zero-order chi connectivity index (χ0) is 9.72. The van der Waals surface area contributed by atoms with Crippen LogP contribution in [0.1, 0.15) is 13.8 Å². The quantitative estimate of drug-likeness (QED) is 0.601. The summed E-state index contributed by atoms with van der Waals surface area (Å²) in [6.07, 6.45) is 1.05. The first-order chi connectivity index (χ1) is 5.49. The standard InChI is InChI=1S/C8H13NO3/c1-4-6(10)9-7(5(2)3)8(11)12/h4-5,7H,1H2,2-3H3,(H,9,10)(H,11,12)/t7-/m1/s1. The lowest BCUT2D eigenvalue weighted by molar-refractivity contribution is -0.142. The second-order valence-electron chi connectivity index (χ2n) is 2.77. The van der Waals surface area contributed by atoms with E-state index in [1.54, 1.807) is 13.8 Å². The molecule has 68 valence electrons. The third-order valence-corrected chi connectivity index (χ3v) is 1.42. The van der Waals surface area contributed by atoms with E-state index < -0.39 is 17.9 Å². The molecule has 0 aromatic carbocycles. The van der Waals surface area contributed by atoms with Gasteiger partial charge >= 0.3 is 5.97 Å². The van der Waals surface area contributed by atoms with Crippen LogP contribution < -0.4 is 5.32 Å². The molecule has 4 heteroatoms. The van der Waals surface area contributed by atoms with E-state index >= 15 is 0 Å². The molecule has 0 fully saturated rings. The summed E-state index contributed by atoms with van der Waals surface area (Å²) in [6.45, 7) is 6.68. The van der Waals surface area contributed by atoms with Crippen LogP contribution in [0.2, 0.25) is 0 Å². The van der Waals surface area contributed by atoms with Gasteiger partial charge in [-0.15, -0.1) is 0 Å². The summed E-state index contributed by atoms with van der Waals surface area (Å²) < 4.78 is 0. The van der Waals surface area contributed by atoms with Crippen molar-refractivity contribution in [3.8, 4) is 0 Å². The van der Waals surface area contributed by atoms with Gasteiger partial charge < -0.3 is 10.4 Å². The minimum absolute atomic E-state index is 0.133. The zero-order valence-electron chi connectivity index (χ0n) is 7.20. The van der Waals surface area contributed by atoms with Gasteiger partial charge in [-0.05, 0) is 12.0 Å². The van der Waals surface area contributed by atoms with E-state index in [4.69, 9.17) is 5.11 Å². The Morgan fingerprint density at radius 2 is 2.00 bits per heavy atom. The fraction of sp³-hybridized carbons (Fsp3) is 0.500. The van der Waals surface area contributed by atoms with Gasteiger partial charge in [0.2, 0.25) is 5.91 Å². The van der Waals surface area contributed by atoms with E-state index in [-0.39, 0.29) is 5.92 Å². The summed E-state index contributed by atoms with van der Waals surface area (Å²) in [5.41, 5.74) is 0. The summed E-state index contributed by atoms with van der Waals surface area (Å²) in [5.74, 6) is -1.62. The van der Waals surface area contributed by atoms with Crippen molar-refractivity contribution in [2.45, 2.75) is 19.9 Å². The zero-order valence-corrected chi connectivity index (χ0v) is 7.20. The number of nitrogens with one attached hydrogen (secondary N) is 1. The molecule has 0 bridgehead atoms. The Kier molecular flexibility index (Phi) is 4.04. The Labute approximate surface area is 71.3 Å². The highest BCUT2D eigenvalue weighted by Crippen LogP contribution is 2.01. The molecule has 0 unspecified atom stereocenters. The first-order valence-electron chi connectivity index (χ1n) is 3.64. The summed E-state index contributed by atoms with van der Waals surface area (Å²) in [4.78, 5) is 21.3. The Bertz CT molecular complexity index is 198. The third-order valence-electron chi connectivity index (χ3n) is 1.42. The van der Waals surface area contributed by atoms with Crippen LogP contribution in [0.3, 0.4) is 0 Å². The van der Waals surface area contributed by atoms with Crippen molar-refractivity contribution in [1.82, 2.24) is 5.32 Å². The Hall–Kier alpha value is -1.32. The van der Waals surface area contributed by atoms with Gasteiger partial charge in [0.1, 0.15) is 6.04 Å². The first-order valence-corrected chi connectivity index (χ1v) is 3.64. The summed E-state index contributed by atoms with van der Waals surface area (Å²) >= 11 is 0. The number of amides is 1. The average Bonchev–Trinajstić information content (AvgIpc) is 1.98. The number of carbonyl (C=O) groups excluding carboxylic acids is 1. The van der Waals surface area contributed by atoms with Crippen LogP contribution in [0.4, 0.5) is 0 Å². The van der Waals surface area contributed by atoms with E-state index in [0.717, 1.165) is 6.08 Å². The largest absolute Gasteiger partial charge is 0.480 e. The van der Waals surface area contributed by atoms with Crippen molar-refractivity contribution in [3.63, 3.8) is 0 Å². The van der Waals surface area contributed by atoms with Crippen LogP contribution in [0.5, 0.6) is 0 Å². The number of rotatable bonds is 4. The van der Waals surface area contributed by atoms with E-state index in [0.29, 0.717) is 0 Å². The van der Waals surface area contributed by atoms with E-state index in [9.17, 15) is 9.59 Å². The smallest absolute Gasteiger partial charge is 0.326 e. The fourth-order valence-electron chi connectivity index (χ4n) is 0.726. The minimum atomic E-state index is -1.03. The van der Waals surface area contributed by atoms with Gasteiger partial charge in [0, 0.05) is 0 Å². The van der Waals surface area contributed by atoms with Crippen LogP contribution in [-0.4, -0.2) is 23.0 Å². The van der Waals surface area contributed by atoms with Crippen LogP contribution >= 0.6 is 0 Å². The van der Waals surface area contributed by atoms with Crippen LogP contribution in [-0.2, 0) is 9.59 Å². The molecule has 0 saturated heterocycles. The maximum Gasteiger partial charge on any atom is 0.326 e. The van der Waals surface area contributed by atoms with Crippen molar-refractivity contribution in [2.75, 3.05) is 0 Å². The van der Waals surface area contributed by atoms with Gasteiger partial charge in [-0.25, -0.2) is 4.79 Å². The number of hydrogen-bond acceptors (Lipinski definition) is 2. The molecule has 2 N–H and O–H groups in total. The monoisotopic (exact) mass is 171 g/mol. The molecule has 1 atom stereocenters. The second-order valence-corrected chi connectivity index (χ2v) is 2.77. The Morgan fingerprint density at radius 1 is 1.50 bits per heavy atom. The summed E-state index contributed by atoms with van der Waals surface area (Å²) in [6, 6.07) is -0.838. The Morgan fingerprint density at radius 3 is 2.25 bits per heavy atom. The SMILES string of the molecule is C=CC(=O)N[C@@H](C(=O)O)C(C)C. The van der Waals surface area contributed by atoms with Crippen molar-refractivity contribution < 1.29 is 14.7 Å². The highest BCUT2D eigenvalue weighted by molar-refractivity contribution is 5.90. The van der Waals surface area contributed by atoms with Crippen LogP contribution in [0.15, 0.2) is 12.7 Å². The van der Waals surface area contributed by atoms with Gasteiger partial charge in [0.05, 0.1) is 0 Å². The molecule has 0 saturated carbocycles. The number of carbonyl (C=O) groups is 2. The van der Waals surface area contributed by atoms with E-state index in [2.05, 4.69) is 11.9 Å². The number of hydrogen-bond donors (Lipinski definition) is 2. The molecular formula is C8H13NO3. The summed E-state index contributed by atoms with van der Waals surface area (Å²) in [5, 5.41) is 10.9. The molecule has 0 aliphatic heterocycles. The molecule has 4 nitrogen and oxygen atoms in total. The van der Waals surface area contributed by atoms with Crippen molar-refractivity contribution in [3.05, 3.63) is 12.7 Å². The second kappa shape index (κ2) is 4.54. The first kappa shape index (κ1) is 10.7. The number of carboxylic acid groups (broad SMARTS) is 1. The molecular weight excluding hydrogens is 158 g/mol. The van der Waals surface area contributed by atoms with Crippen LogP contribution in [0.25, 0.3) is 0 Å². The maximum atomic E-state index is 10.7. The van der Waals surface area contributed by atoms with Gasteiger partial charge in [-0.1, -0.05) is 20.4 Å². The van der Waals surface area contributed by atoms with Crippen molar-refractivity contribution >= 4 is 11.9 Å². The van der Waals surface area contributed by atoms with E-state index in [1.807, 2.05) is 0 Å². The summed E-state index contributed by atoms with van der Waals surface area (Å²) in [7, 11) is 0. The fourth-order valence-corrected chi connectivity index (χ4v) is 0.726. The Balaban J connectivity index is 4.23. The molecule has 1 amide bonds. The topological polar surface area (TPSA) is 66.4 Å². The predicted octanol–water partition coefficient (Wildman–Crippen LogP) is 0.398. The number of aliphatic carboxylic acids is 1. The molecule has 0 aliphatic rings. The molecule has 0 spiro atoms. The number of carboxylic acids is 1. The lowest BCUT2D eigenvalue weighted by Crippen LogP contribution is -2.43. The molecule has 0 aromatic heterocycles. The third kappa shape index (κ3) is 3.18. The van der Waals surface area contributed by atoms with Crippen molar-refractivity contribution in [1.29, 1.82) is 0 Å².